The van der Waals surface area contributed by atoms with Crippen LogP contribution in [0.3, 0.4) is 0 Å². The number of rotatable bonds is 4. The number of non-ortho nitro benzene ring substituents is 1. The van der Waals surface area contributed by atoms with E-state index in [2.05, 4.69) is 9.97 Å². The van der Waals surface area contributed by atoms with Crippen LogP contribution in [0.4, 0.5) is 5.69 Å². The maximum absolute atomic E-state index is 10.9. The highest BCUT2D eigenvalue weighted by Crippen LogP contribution is 2.26. The number of nitro groups is 1. The summed E-state index contributed by atoms with van der Waals surface area (Å²) in [6, 6.07) is 6.14. The van der Waals surface area contributed by atoms with E-state index in [1.807, 2.05) is 6.92 Å². The fourth-order valence-corrected chi connectivity index (χ4v) is 1.98. The van der Waals surface area contributed by atoms with Crippen LogP contribution in [0.25, 0.3) is 11.4 Å². The Labute approximate surface area is 120 Å². The number of hydrogen-bond acceptors (Lipinski definition) is 5. The van der Waals surface area contributed by atoms with E-state index >= 15 is 0 Å². The third kappa shape index (κ3) is 3.09. The van der Waals surface area contributed by atoms with Crippen LogP contribution < -0.4 is 0 Å². The Hall–Kier alpha value is -2.05. The summed E-state index contributed by atoms with van der Waals surface area (Å²) in [6.45, 7) is 2.13. The van der Waals surface area contributed by atoms with Gasteiger partial charge in [-0.1, -0.05) is 17.7 Å². The van der Waals surface area contributed by atoms with Crippen LogP contribution in [0.5, 0.6) is 0 Å². The molecule has 0 N–H and O–H groups in total. The molecule has 1 aromatic heterocycles. The third-order valence-electron chi connectivity index (χ3n) is 2.71. The average molecular weight is 294 g/mol. The van der Waals surface area contributed by atoms with Gasteiger partial charge >= 0.3 is 0 Å². The van der Waals surface area contributed by atoms with Gasteiger partial charge < -0.3 is 4.74 Å². The molecule has 1 aromatic carbocycles. The van der Waals surface area contributed by atoms with Gasteiger partial charge in [-0.05, 0) is 18.6 Å². The number of methoxy groups -OCH3 is 1. The molecule has 0 aliphatic rings. The van der Waals surface area contributed by atoms with E-state index in [1.54, 1.807) is 19.2 Å². The van der Waals surface area contributed by atoms with E-state index in [9.17, 15) is 10.1 Å². The Morgan fingerprint density at radius 1 is 1.35 bits per heavy atom. The Morgan fingerprint density at radius 3 is 2.75 bits per heavy atom. The molecule has 0 fully saturated rings. The van der Waals surface area contributed by atoms with Crippen LogP contribution >= 0.6 is 11.6 Å². The molecule has 0 bridgehead atoms. The van der Waals surface area contributed by atoms with Gasteiger partial charge in [-0.25, -0.2) is 9.97 Å². The number of ether oxygens (including phenoxy) is 1. The van der Waals surface area contributed by atoms with Gasteiger partial charge in [0.2, 0.25) is 0 Å². The van der Waals surface area contributed by atoms with Gasteiger partial charge in [0, 0.05) is 24.8 Å². The molecule has 7 heteroatoms. The molecule has 1 heterocycles. The normalized spacial score (nSPS) is 10.6. The van der Waals surface area contributed by atoms with Gasteiger partial charge in [-0.15, -0.1) is 0 Å². The van der Waals surface area contributed by atoms with Crippen LogP contribution in [-0.4, -0.2) is 22.0 Å². The second-order valence-electron chi connectivity index (χ2n) is 4.19. The molecule has 0 saturated carbocycles. The SMILES string of the molecule is COCc1cc(Cl)nc(-c2cc([N+](=O)[O-])ccc2C)n1. The Bertz CT molecular complexity index is 661. The van der Waals surface area contributed by atoms with Gasteiger partial charge in [0.15, 0.2) is 5.82 Å². The van der Waals surface area contributed by atoms with E-state index in [0.717, 1.165) is 5.56 Å². The van der Waals surface area contributed by atoms with Crippen molar-refractivity contribution in [3.8, 4) is 11.4 Å². The largest absolute Gasteiger partial charge is 0.378 e. The molecule has 2 rings (SSSR count). The van der Waals surface area contributed by atoms with Crippen LogP contribution in [0.2, 0.25) is 5.15 Å². The number of halogens is 1. The molecular weight excluding hydrogens is 282 g/mol. The summed E-state index contributed by atoms with van der Waals surface area (Å²) in [5, 5.41) is 11.1. The number of aromatic nitrogens is 2. The van der Waals surface area contributed by atoms with E-state index in [4.69, 9.17) is 16.3 Å². The molecule has 0 aliphatic heterocycles. The smallest absolute Gasteiger partial charge is 0.270 e. The maximum atomic E-state index is 10.9. The molecule has 2 aromatic rings. The van der Waals surface area contributed by atoms with Crippen LogP contribution in [0.1, 0.15) is 11.3 Å². The Kier molecular flexibility index (Phi) is 4.26. The Balaban J connectivity index is 2.55. The zero-order valence-electron chi connectivity index (χ0n) is 11.0. The maximum Gasteiger partial charge on any atom is 0.270 e. The van der Waals surface area contributed by atoms with Crippen LogP contribution in [-0.2, 0) is 11.3 Å². The number of nitrogens with zero attached hydrogens (tertiary/aromatic N) is 3. The monoisotopic (exact) mass is 293 g/mol. The van der Waals surface area contributed by atoms with Gasteiger partial charge in [0.25, 0.3) is 5.69 Å². The summed E-state index contributed by atoms with van der Waals surface area (Å²) < 4.78 is 5.01. The van der Waals surface area contributed by atoms with Crippen molar-refractivity contribution < 1.29 is 9.66 Å². The van der Waals surface area contributed by atoms with Gasteiger partial charge in [-0.2, -0.15) is 0 Å². The summed E-state index contributed by atoms with van der Waals surface area (Å²) in [5.74, 6) is 0.353. The summed E-state index contributed by atoms with van der Waals surface area (Å²) >= 11 is 5.95. The van der Waals surface area contributed by atoms with Crippen molar-refractivity contribution >= 4 is 17.3 Å². The molecule has 0 aliphatic carbocycles. The van der Waals surface area contributed by atoms with E-state index in [1.165, 1.54) is 12.1 Å². The minimum Gasteiger partial charge on any atom is -0.378 e. The average Bonchev–Trinajstić information content (AvgIpc) is 2.38. The van der Waals surface area contributed by atoms with Crippen molar-refractivity contribution in [2.24, 2.45) is 0 Å². The second-order valence-corrected chi connectivity index (χ2v) is 4.58. The summed E-state index contributed by atoms with van der Waals surface area (Å²) in [4.78, 5) is 18.8. The lowest BCUT2D eigenvalue weighted by molar-refractivity contribution is -0.384. The number of nitro benzene ring substituents is 1. The molecule has 0 amide bonds. The first kappa shape index (κ1) is 14.4. The highest BCUT2D eigenvalue weighted by molar-refractivity contribution is 6.29. The topological polar surface area (TPSA) is 78.2 Å². The van der Waals surface area contributed by atoms with E-state index in [-0.39, 0.29) is 10.8 Å². The first-order valence-electron chi connectivity index (χ1n) is 5.79. The van der Waals surface area contributed by atoms with E-state index in [0.29, 0.717) is 23.7 Å². The molecule has 0 atom stereocenters. The molecule has 0 spiro atoms. The minimum atomic E-state index is -0.455. The fourth-order valence-electron chi connectivity index (χ4n) is 1.77. The van der Waals surface area contributed by atoms with Crippen molar-refractivity contribution in [1.29, 1.82) is 0 Å². The van der Waals surface area contributed by atoms with Crippen molar-refractivity contribution in [2.75, 3.05) is 7.11 Å². The fraction of sp³-hybridized carbons (Fsp3) is 0.231. The van der Waals surface area contributed by atoms with Gasteiger partial charge in [-0.3, -0.25) is 10.1 Å². The van der Waals surface area contributed by atoms with Crippen molar-refractivity contribution in [2.45, 2.75) is 13.5 Å². The van der Waals surface area contributed by atoms with Crippen LogP contribution in [0.15, 0.2) is 24.3 Å². The summed E-state index contributed by atoms with van der Waals surface area (Å²) in [5.41, 5.74) is 2.02. The predicted molar refractivity (Wildman–Crippen MR) is 74.6 cm³/mol. The van der Waals surface area contributed by atoms with Gasteiger partial charge in [0.05, 0.1) is 17.2 Å². The standard InChI is InChI=1S/C13H12ClN3O3/c1-8-3-4-10(17(18)19)6-11(8)13-15-9(7-20-2)5-12(14)16-13/h3-6H,7H2,1-2H3. The molecule has 0 unspecified atom stereocenters. The Morgan fingerprint density at radius 2 is 2.10 bits per heavy atom. The van der Waals surface area contributed by atoms with Crippen molar-refractivity contribution in [1.82, 2.24) is 9.97 Å². The molecule has 0 saturated heterocycles. The molecular formula is C13H12ClN3O3. The minimum absolute atomic E-state index is 0.0116. The lowest BCUT2D eigenvalue weighted by Crippen LogP contribution is -1.99. The molecule has 20 heavy (non-hydrogen) atoms. The lowest BCUT2D eigenvalue weighted by Gasteiger charge is -2.07. The predicted octanol–water partition coefficient (Wildman–Crippen LogP) is 3.16. The summed E-state index contributed by atoms with van der Waals surface area (Å²) in [6.07, 6.45) is 0. The van der Waals surface area contributed by atoms with Crippen LogP contribution in [0, 0.1) is 17.0 Å². The number of benzene rings is 1. The highest BCUT2D eigenvalue weighted by Gasteiger charge is 2.13. The number of hydrogen-bond donors (Lipinski definition) is 0. The third-order valence-corrected chi connectivity index (χ3v) is 2.91. The van der Waals surface area contributed by atoms with E-state index < -0.39 is 4.92 Å². The molecule has 0 radical (unpaired) electrons. The van der Waals surface area contributed by atoms with Crippen molar-refractivity contribution in [3.05, 3.63) is 50.8 Å². The van der Waals surface area contributed by atoms with Gasteiger partial charge in [0.1, 0.15) is 5.15 Å². The second kappa shape index (κ2) is 5.94. The molecule has 6 nitrogen and oxygen atoms in total. The lowest BCUT2D eigenvalue weighted by atomic mass is 10.1. The zero-order valence-corrected chi connectivity index (χ0v) is 11.7. The first-order chi connectivity index (χ1) is 9.51. The molecule has 104 valence electrons. The summed E-state index contributed by atoms with van der Waals surface area (Å²) in [7, 11) is 1.55. The quantitative estimate of drug-likeness (QED) is 0.491. The zero-order chi connectivity index (χ0) is 14.7. The van der Waals surface area contributed by atoms with Crippen molar-refractivity contribution in [3.63, 3.8) is 0 Å². The highest BCUT2D eigenvalue weighted by atomic mass is 35.5. The first-order valence-corrected chi connectivity index (χ1v) is 6.17. The number of aryl methyl sites for hydroxylation is 1.